The largest absolute Gasteiger partial charge is 0.421 e. The molecule has 5 nitrogen and oxygen atoms in total. The van der Waals surface area contributed by atoms with Gasteiger partial charge in [0, 0.05) is 30.6 Å². The van der Waals surface area contributed by atoms with Crippen molar-refractivity contribution in [3.8, 4) is 11.5 Å². The number of rotatable bonds is 6. The van der Waals surface area contributed by atoms with E-state index in [2.05, 4.69) is 10.2 Å². The molecule has 0 saturated heterocycles. The Kier molecular flexibility index (Phi) is 5.18. The van der Waals surface area contributed by atoms with Gasteiger partial charge in [0.25, 0.3) is 0 Å². The highest BCUT2D eigenvalue weighted by molar-refractivity contribution is 5.93. The highest BCUT2D eigenvalue weighted by atomic mass is 19.1. The second-order valence-electron chi connectivity index (χ2n) is 5.48. The van der Waals surface area contributed by atoms with Gasteiger partial charge in [-0.1, -0.05) is 18.2 Å². The summed E-state index contributed by atoms with van der Waals surface area (Å²) < 4.78 is 18.5. The Balaban J connectivity index is 1.63. The Morgan fingerprint density at radius 3 is 2.48 bits per heavy atom. The number of nitrogens with zero attached hydrogens (tertiary/aromatic N) is 3. The van der Waals surface area contributed by atoms with Crippen LogP contribution in [0.15, 0.2) is 59.0 Å². The molecule has 0 aliphatic carbocycles. The zero-order valence-corrected chi connectivity index (χ0v) is 13.9. The molecule has 0 atom stereocenters. The van der Waals surface area contributed by atoms with Gasteiger partial charge in [-0.15, -0.1) is 10.2 Å². The molecule has 0 aliphatic heterocycles. The first-order chi connectivity index (χ1) is 12.2. The van der Waals surface area contributed by atoms with Crippen LogP contribution >= 0.6 is 0 Å². The summed E-state index contributed by atoms with van der Waals surface area (Å²) in [6.45, 7) is 2.53. The fourth-order valence-corrected chi connectivity index (χ4v) is 2.52. The quantitative estimate of drug-likeness (QED) is 0.684. The molecule has 3 aromatic rings. The van der Waals surface area contributed by atoms with Crippen LogP contribution in [0.3, 0.4) is 0 Å². The molecule has 0 N–H and O–H groups in total. The average Bonchev–Trinajstić information content (AvgIpc) is 3.11. The summed E-state index contributed by atoms with van der Waals surface area (Å²) in [6, 6.07) is 15.3. The lowest BCUT2D eigenvalue weighted by Gasteiger charge is -2.20. The van der Waals surface area contributed by atoms with E-state index in [1.54, 1.807) is 17.0 Å². The maximum atomic E-state index is 13.0. The van der Waals surface area contributed by atoms with Gasteiger partial charge in [-0.25, -0.2) is 4.39 Å². The van der Waals surface area contributed by atoms with E-state index in [0.717, 1.165) is 5.69 Å². The van der Waals surface area contributed by atoms with E-state index in [1.165, 1.54) is 12.1 Å². The number of hydrogen-bond donors (Lipinski definition) is 0. The van der Waals surface area contributed by atoms with Crippen molar-refractivity contribution in [2.75, 3.05) is 11.4 Å². The summed E-state index contributed by atoms with van der Waals surface area (Å²) >= 11 is 0. The summed E-state index contributed by atoms with van der Waals surface area (Å²) in [7, 11) is 0. The van der Waals surface area contributed by atoms with Gasteiger partial charge in [0.05, 0.1) is 0 Å². The number of carbonyl (C=O) groups is 1. The smallest absolute Gasteiger partial charge is 0.247 e. The lowest BCUT2D eigenvalue weighted by atomic mass is 10.2. The van der Waals surface area contributed by atoms with E-state index in [-0.39, 0.29) is 18.1 Å². The summed E-state index contributed by atoms with van der Waals surface area (Å²) in [5, 5.41) is 7.92. The minimum absolute atomic E-state index is 0.00441. The fraction of sp³-hybridized carbons (Fsp3) is 0.211. The average molecular weight is 339 g/mol. The molecule has 1 aromatic heterocycles. The molecule has 1 heterocycles. The van der Waals surface area contributed by atoms with Crippen LogP contribution in [0.2, 0.25) is 0 Å². The van der Waals surface area contributed by atoms with E-state index >= 15 is 0 Å². The van der Waals surface area contributed by atoms with E-state index in [1.807, 2.05) is 37.3 Å². The number of amides is 1. The standard InChI is InChI=1S/C19H18FN3O2/c1-2-23(16-6-4-3-5-7-16)18(24)13-12-17-21-22-19(25-17)14-8-10-15(20)11-9-14/h3-11H,2,12-13H2,1H3. The first-order valence-corrected chi connectivity index (χ1v) is 8.11. The van der Waals surface area contributed by atoms with Crippen LogP contribution in [0.25, 0.3) is 11.5 Å². The summed E-state index contributed by atoms with van der Waals surface area (Å²) in [6.07, 6.45) is 0.629. The third-order valence-corrected chi connectivity index (χ3v) is 3.80. The minimum Gasteiger partial charge on any atom is -0.421 e. The number of hydrogen-bond acceptors (Lipinski definition) is 4. The van der Waals surface area contributed by atoms with E-state index < -0.39 is 0 Å². The minimum atomic E-state index is -0.324. The molecule has 0 aliphatic rings. The molecular weight excluding hydrogens is 321 g/mol. The van der Waals surface area contributed by atoms with Gasteiger partial charge in [0.2, 0.25) is 17.7 Å². The van der Waals surface area contributed by atoms with Crippen molar-refractivity contribution < 1.29 is 13.6 Å². The van der Waals surface area contributed by atoms with Crippen molar-refractivity contribution in [1.29, 1.82) is 0 Å². The summed E-state index contributed by atoms with van der Waals surface area (Å²) in [4.78, 5) is 14.2. The molecule has 0 saturated carbocycles. The Hall–Kier alpha value is -3.02. The van der Waals surface area contributed by atoms with Gasteiger partial charge in [0.1, 0.15) is 5.82 Å². The zero-order chi connectivity index (χ0) is 17.6. The molecule has 3 rings (SSSR count). The Morgan fingerprint density at radius 2 is 1.80 bits per heavy atom. The molecule has 6 heteroatoms. The molecule has 0 unspecified atom stereocenters. The van der Waals surface area contributed by atoms with Crippen LogP contribution in [0, 0.1) is 5.82 Å². The monoisotopic (exact) mass is 339 g/mol. The molecule has 0 spiro atoms. The SMILES string of the molecule is CCN(C(=O)CCc1nnc(-c2ccc(F)cc2)o1)c1ccccc1. The van der Waals surface area contributed by atoms with Crippen molar-refractivity contribution in [2.45, 2.75) is 19.8 Å². The van der Waals surface area contributed by atoms with Gasteiger partial charge < -0.3 is 9.32 Å². The van der Waals surface area contributed by atoms with Crippen molar-refractivity contribution >= 4 is 11.6 Å². The van der Waals surface area contributed by atoms with Crippen molar-refractivity contribution in [3.05, 3.63) is 66.3 Å². The van der Waals surface area contributed by atoms with Crippen molar-refractivity contribution in [3.63, 3.8) is 0 Å². The summed E-state index contributed by atoms with van der Waals surface area (Å²) in [5.74, 6) is 0.375. The van der Waals surface area contributed by atoms with Crippen LogP contribution < -0.4 is 4.90 Å². The van der Waals surface area contributed by atoms with Crippen LogP contribution in [0.1, 0.15) is 19.2 Å². The first kappa shape index (κ1) is 16.8. The van der Waals surface area contributed by atoms with Crippen molar-refractivity contribution in [1.82, 2.24) is 10.2 Å². The lowest BCUT2D eigenvalue weighted by Crippen LogP contribution is -2.30. The van der Waals surface area contributed by atoms with Crippen LogP contribution in [0.5, 0.6) is 0 Å². The molecule has 128 valence electrons. The van der Waals surface area contributed by atoms with Crippen LogP contribution in [-0.4, -0.2) is 22.6 Å². The molecule has 0 bridgehead atoms. The third-order valence-electron chi connectivity index (χ3n) is 3.80. The van der Waals surface area contributed by atoms with Gasteiger partial charge >= 0.3 is 0 Å². The molecular formula is C19H18FN3O2. The number of anilines is 1. The maximum absolute atomic E-state index is 13.0. The number of aryl methyl sites for hydroxylation is 1. The third kappa shape index (κ3) is 4.09. The highest BCUT2D eigenvalue weighted by Gasteiger charge is 2.16. The summed E-state index contributed by atoms with van der Waals surface area (Å²) in [5.41, 5.74) is 1.51. The van der Waals surface area contributed by atoms with E-state index in [4.69, 9.17) is 4.42 Å². The van der Waals surface area contributed by atoms with E-state index in [0.29, 0.717) is 30.3 Å². The Morgan fingerprint density at radius 1 is 1.08 bits per heavy atom. The maximum Gasteiger partial charge on any atom is 0.247 e. The van der Waals surface area contributed by atoms with E-state index in [9.17, 15) is 9.18 Å². The van der Waals surface area contributed by atoms with Gasteiger partial charge in [-0.2, -0.15) is 0 Å². The number of benzene rings is 2. The number of carbonyl (C=O) groups excluding carboxylic acids is 1. The highest BCUT2D eigenvalue weighted by Crippen LogP contribution is 2.19. The number of para-hydroxylation sites is 1. The second kappa shape index (κ2) is 7.70. The number of aromatic nitrogens is 2. The molecule has 1 amide bonds. The molecule has 2 aromatic carbocycles. The van der Waals surface area contributed by atoms with Crippen molar-refractivity contribution in [2.24, 2.45) is 0 Å². The van der Waals surface area contributed by atoms with Crippen LogP contribution in [0.4, 0.5) is 10.1 Å². The van der Waals surface area contributed by atoms with Gasteiger partial charge in [-0.05, 0) is 43.3 Å². The Bertz CT molecular complexity index is 831. The van der Waals surface area contributed by atoms with Gasteiger partial charge in [-0.3, -0.25) is 4.79 Å². The normalized spacial score (nSPS) is 10.6. The first-order valence-electron chi connectivity index (χ1n) is 8.11. The molecule has 25 heavy (non-hydrogen) atoms. The Labute approximate surface area is 145 Å². The zero-order valence-electron chi connectivity index (χ0n) is 13.9. The number of halogens is 1. The second-order valence-corrected chi connectivity index (χ2v) is 5.48. The molecule has 0 radical (unpaired) electrons. The predicted molar refractivity (Wildman–Crippen MR) is 92.5 cm³/mol. The predicted octanol–water partition coefficient (Wildman–Crippen LogP) is 3.86. The lowest BCUT2D eigenvalue weighted by molar-refractivity contribution is -0.118. The van der Waals surface area contributed by atoms with Crippen LogP contribution in [-0.2, 0) is 11.2 Å². The fourth-order valence-electron chi connectivity index (χ4n) is 2.52. The topological polar surface area (TPSA) is 59.2 Å². The molecule has 0 fully saturated rings. The van der Waals surface area contributed by atoms with Gasteiger partial charge in [0.15, 0.2) is 0 Å².